The molecule has 0 aliphatic carbocycles. The molecule has 3 heterocycles. The standard InChI is InChI=1S/C49H37N5/c50-44(46-27-12-13-30-52-46)33-38(35-16-4-1-5-17-35)28-29-45-42(26-15-31-51-45)40-23-14-22-39(32-40)41-24-10-11-25-43(41)48-34-47(36-18-6-2-7-19-36)53-49(54-48)37-20-8-3-9-21-37/h1-28,30-34H,29,50H2/b38-28+,44-33-. The van der Waals surface area contributed by atoms with E-state index < -0.39 is 0 Å². The first kappa shape index (κ1) is 33.9. The molecule has 0 unspecified atom stereocenters. The summed E-state index contributed by atoms with van der Waals surface area (Å²) < 4.78 is 0. The van der Waals surface area contributed by atoms with Gasteiger partial charge in [0.15, 0.2) is 5.82 Å². The zero-order valence-electron chi connectivity index (χ0n) is 29.6. The van der Waals surface area contributed by atoms with E-state index >= 15 is 0 Å². The van der Waals surface area contributed by atoms with Crippen LogP contribution in [0, 0.1) is 0 Å². The molecule has 5 aromatic carbocycles. The first-order valence-electron chi connectivity index (χ1n) is 18.0. The molecule has 258 valence electrons. The van der Waals surface area contributed by atoms with Gasteiger partial charge in [0.2, 0.25) is 0 Å². The number of pyridine rings is 2. The molecule has 5 heteroatoms. The van der Waals surface area contributed by atoms with E-state index in [9.17, 15) is 0 Å². The van der Waals surface area contributed by atoms with Crippen LogP contribution < -0.4 is 5.73 Å². The Labute approximate surface area is 315 Å². The summed E-state index contributed by atoms with van der Waals surface area (Å²) in [6.07, 6.45) is 8.41. The van der Waals surface area contributed by atoms with E-state index in [4.69, 9.17) is 20.7 Å². The molecule has 3 aromatic heterocycles. The molecule has 5 nitrogen and oxygen atoms in total. The lowest BCUT2D eigenvalue weighted by molar-refractivity contribution is 1.11. The van der Waals surface area contributed by atoms with Gasteiger partial charge in [-0.05, 0) is 64.2 Å². The van der Waals surface area contributed by atoms with E-state index in [1.54, 1.807) is 6.20 Å². The molecule has 0 fully saturated rings. The smallest absolute Gasteiger partial charge is 0.160 e. The van der Waals surface area contributed by atoms with E-state index in [0.29, 0.717) is 17.9 Å². The minimum atomic E-state index is 0.605. The van der Waals surface area contributed by atoms with Crippen molar-refractivity contribution >= 4 is 11.3 Å². The summed E-state index contributed by atoms with van der Waals surface area (Å²) in [6.45, 7) is 0. The topological polar surface area (TPSA) is 77.6 Å². The molecule has 0 spiro atoms. The Morgan fingerprint density at radius 2 is 1.07 bits per heavy atom. The minimum Gasteiger partial charge on any atom is -0.397 e. The Balaban J connectivity index is 1.17. The highest BCUT2D eigenvalue weighted by Crippen LogP contribution is 2.36. The van der Waals surface area contributed by atoms with Crippen LogP contribution in [-0.2, 0) is 6.42 Å². The van der Waals surface area contributed by atoms with E-state index in [0.717, 1.165) is 72.9 Å². The fourth-order valence-electron chi connectivity index (χ4n) is 6.61. The number of benzene rings is 5. The Morgan fingerprint density at radius 3 is 1.81 bits per heavy atom. The summed E-state index contributed by atoms with van der Waals surface area (Å²) in [6, 6.07) is 59.8. The molecule has 0 radical (unpaired) electrons. The van der Waals surface area contributed by atoms with Gasteiger partial charge in [-0.1, -0.05) is 152 Å². The first-order chi connectivity index (χ1) is 26.7. The number of rotatable bonds is 10. The maximum Gasteiger partial charge on any atom is 0.160 e. The molecule has 0 aliphatic rings. The van der Waals surface area contributed by atoms with Crippen LogP contribution in [0.2, 0.25) is 0 Å². The van der Waals surface area contributed by atoms with Crippen LogP contribution in [-0.4, -0.2) is 19.9 Å². The lowest BCUT2D eigenvalue weighted by atomic mass is 9.93. The second-order valence-electron chi connectivity index (χ2n) is 12.9. The van der Waals surface area contributed by atoms with Crippen molar-refractivity contribution in [3.63, 3.8) is 0 Å². The molecular formula is C49H37N5. The van der Waals surface area contributed by atoms with Crippen molar-refractivity contribution in [1.29, 1.82) is 0 Å². The van der Waals surface area contributed by atoms with Gasteiger partial charge in [0.1, 0.15) is 0 Å². The molecule has 0 aliphatic heterocycles. The maximum absolute atomic E-state index is 6.56. The molecule has 8 rings (SSSR count). The zero-order valence-corrected chi connectivity index (χ0v) is 29.6. The van der Waals surface area contributed by atoms with Crippen LogP contribution in [0.25, 0.3) is 67.4 Å². The quantitative estimate of drug-likeness (QED) is 0.144. The van der Waals surface area contributed by atoms with Gasteiger partial charge in [-0.25, -0.2) is 9.97 Å². The number of nitrogens with zero attached hydrogens (tertiary/aromatic N) is 4. The van der Waals surface area contributed by atoms with Gasteiger partial charge >= 0.3 is 0 Å². The second-order valence-corrected chi connectivity index (χ2v) is 12.9. The monoisotopic (exact) mass is 695 g/mol. The summed E-state index contributed by atoms with van der Waals surface area (Å²) in [5, 5.41) is 0. The van der Waals surface area contributed by atoms with Gasteiger partial charge in [0.25, 0.3) is 0 Å². The van der Waals surface area contributed by atoms with Gasteiger partial charge in [-0.2, -0.15) is 0 Å². The third-order valence-electron chi connectivity index (χ3n) is 9.30. The zero-order chi connectivity index (χ0) is 36.5. The summed E-state index contributed by atoms with van der Waals surface area (Å²) >= 11 is 0. The van der Waals surface area contributed by atoms with Crippen LogP contribution in [0.5, 0.6) is 0 Å². The van der Waals surface area contributed by atoms with Crippen molar-refractivity contribution < 1.29 is 0 Å². The van der Waals surface area contributed by atoms with Crippen LogP contribution in [0.15, 0.2) is 200 Å². The number of allylic oxidation sites excluding steroid dienone is 3. The number of nitrogens with two attached hydrogens (primary N) is 1. The van der Waals surface area contributed by atoms with Gasteiger partial charge < -0.3 is 5.73 Å². The average Bonchev–Trinajstić information content (AvgIpc) is 3.26. The highest BCUT2D eigenvalue weighted by molar-refractivity contribution is 5.86. The third-order valence-corrected chi connectivity index (χ3v) is 9.30. The highest BCUT2D eigenvalue weighted by atomic mass is 14.9. The van der Waals surface area contributed by atoms with E-state index in [1.165, 1.54) is 0 Å². The van der Waals surface area contributed by atoms with Gasteiger partial charge in [0.05, 0.1) is 28.5 Å². The maximum atomic E-state index is 6.56. The van der Waals surface area contributed by atoms with Gasteiger partial charge in [-0.15, -0.1) is 0 Å². The molecule has 0 bridgehead atoms. The largest absolute Gasteiger partial charge is 0.397 e. The van der Waals surface area contributed by atoms with Crippen LogP contribution in [0.1, 0.15) is 17.0 Å². The SMILES string of the molecule is N/C(=C\C(=C/Cc1ncccc1-c1cccc(-c2ccccc2-c2cc(-c3ccccc3)nc(-c3ccccc3)n2)c1)c1ccccc1)c1ccccn1. The normalized spacial score (nSPS) is 11.7. The summed E-state index contributed by atoms with van der Waals surface area (Å²) in [4.78, 5) is 19.5. The number of aromatic nitrogens is 4. The molecule has 0 atom stereocenters. The van der Waals surface area contributed by atoms with Crippen molar-refractivity contribution in [2.24, 2.45) is 5.73 Å². The summed E-state index contributed by atoms with van der Waals surface area (Å²) in [5.41, 5.74) is 20.1. The predicted molar refractivity (Wildman–Crippen MR) is 222 cm³/mol. The van der Waals surface area contributed by atoms with Crippen molar-refractivity contribution in [2.45, 2.75) is 6.42 Å². The predicted octanol–water partition coefficient (Wildman–Crippen LogP) is 11.2. The van der Waals surface area contributed by atoms with Gasteiger partial charge in [-0.3, -0.25) is 9.97 Å². The van der Waals surface area contributed by atoms with Crippen LogP contribution >= 0.6 is 0 Å². The molecule has 2 N–H and O–H groups in total. The molecule has 54 heavy (non-hydrogen) atoms. The molecule has 0 saturated heterocycles. The summed E-state index contributed by atoms with van der Waals surface area (Å²) in [5.74, 6) is 0.690. The molecular weight excluding hydrogens is 659 g/mol. The van der Waals surface area contributed by atoms with Crippen molar-refractivity contribution in [3.8, 4) is 56.2 Å². The van der Waals surface area contributed by atoms with Crippen molar-refractivity contribution in [3.05, 3.63) is 217 Å². The second kappa shape index (κ2) is 16.0. The Bertz CT molecular complexity index is 2510. The molecule has 8 aromatic rings. The highest BCUT2D eigenvalue weighted by Gasteiger charge is 2.15. The van der Waals surface area contributed by atoms with E-state index in [-0.39, 0.29) is 0 Å². The van der Waals surface area contributed by atoms with Crippen LogP contribution in [0.3, 0.4) is 0 Å². The third kappa shape index (κ3) is 7.66. The fraction of sp³-hybridized carbons (Fsp3) is 0.0204. The number of hydrogen-bond donors (Lipinski definition) is 1. The fourth-order valence-corrected chi connectivity index (χ4v) is 6.61. The average molecular weight is 696 g/mol. The lowest BCUT2D eigenvalue weighted by Crippen LogP contribution is -2.00. The van der Waals surface area contributed by atoms with E-state index in [2.05, 4.69) is 108 Å². The first-order valence-corrected chi connectivity index (χ1v) is 18.0. The van der Waals surface area contributed by atoms with Crippen molar-refractivity contribution in [1.82, 2.24) is 19.9 Å². The van der Waals surface area contributed by atoms with Crippen molar-refractivity contribution in [2.75, 3.05) is 0 Å². The molecule has 0 saturated carbocycles. The van der Waals surface area contributed by atoms with Gasteiger partial charge in [0, 0.05) is 41.1 Å². The summed E-state index contributed by atoms with van der Waals surface area (Å²) in [7, 11) is 0. The van der Waals surface area contributed by atoms with E-state index in [1.807, 2.05) is 91.1 Å². The number of hydrogen-bond acceptors (Lipinski definition) is 5. The Kier molecular flexibility index (Phi) is 10.0. The molecule has 0 amide bonds. The minimum absolute atomic E-state index is 0.605. The Morgan fingerprint density at radius 1 is 0.481 bits per heavy atom. The Hall–Kier alpha value is -7.24. The van der Waals surface area contributed by atoms with Crippen LogP contribution in [0.4, 0.5) is 0 Å². The lowest BCUT2D eigenvalue weighted by Gasteiger charge is -2.14.